The highest BCUT2D eigenvalue weighted by Gasteiger charge is 2.21. The lowest BCUT2D eigenvalue weighted by atomic mass is 9.97. The molecular formula is C11H17N5O2. The van der Waals surface area contributed by atoms with Crippen LogP contribution in [0.4, 0.5) is 0 Å². The van der Waals surface area contributed by atoms with Crippen molar-refractivity contribution in [3.63, 3.8) is 0 Å². The van der Waals surface area contributed by atoms with Gasteiger partial charge in [0.1, 0.15) is 12.2 Å². The van der Waals surface area contributed by atoms with Crippen LogP contribution in [0.3, 0.4) is 0 Å². The summed E-state index contributed by atoms with van der Waals surface area (Å²) in [5.41, 5.74) is 0.354. The minimum atomic E-state index is -0.630. The van der Waals surface area contributed by atoms with Gasteiger partial charge in [-0.1, -0.05) is 31.1 Å². The molecule has 0 aliphatic rings. The number of aliphatic hydroxyl groups excluding tert-OH is 1. The molecule has 1 atom stereocenters. The van der Waals surface area contributed by atoms with Crippen LogP contribution in [-0.2, 0) is 12.0 Å². The van der Waals surface area contributed by atoms with Gasteiger partial charge >= 0.3 is 0 Å². The fourth-order valence-electron chi connectivity index (χ4n) is 1.35. The summed E-state index contributed by atoms with van der Waals surface area (Å²) in [5.74, 6) is 1.13. The molecule has 7 nitrogen and oxygen atoms in total. The van der Waals surface area contributed by atoms with E-state index < -0.39 is 6.10 Å². The Bertz CT molecular complexity index is 524. The first-order valence-electron chi connectivity index (χ1n) is 5.77. The molecule has 2 rings (SSSR count). The van der Waals surface area contributed by atoms with Crippen molar-refractivity contribution in [2.24, 2.45) is 0 Å². The first-order chi connectivity index (χ1) is 8.36. The molecule has 1 unspecified atom stereocenters. The predicted molar refractivity (Wildman–Crippen MR) is 62.8 cm³/mol. The van der Waals surface area contributed by atoms with Crippen LogP contribution in [0, 0.1) is 0 Å². The quantitative estimate of drug-likeness (QED) is 0.877. The van der Waals surface area contributed by atoms with E-state index in [4.69, 9.17) is 4.52 Å². The van der Waals surface area contributed by atoms with Crippen LogP contribution >= 0.6 is 0 Å². The first-order valence-corrected chi connectivity index (χ1v) is 5.77. The smallest absolute Gasteiger partial charge is 0.232 e. The van der Waals surface area contributed by atoms with E-state index in [0.29, 0.717) is 24.0 Å². The molecule has 0 aliphatic heterocycles. The van der Waals surface area contributed by atoms with Crippen molar-refractivity contribution in [1.82, 2.24) is 25.1 Å². The van der Waals surface area contributed by atoms with Gasteiger partial charge in [-0.3, -0.25) is 0 Å². The molecule has 2 aromatic rings. The molecule has 0 fully saturated rings. The molecule has 0 aromatic carbocycles. The number of rotatable bonds is 3. The van der Waals surface area contributed by atoms with Crippen LogP contribution in [-0.4, -0.2) is 30.2 Å². The van der Waals surface area contributed by atoms with Gasteiger partial charge in [-0.05, 0) is 6.92 Å². The number of aromatic nitrogens is 5. The Hall–Kier alpha value is -1.76. The summed E-state index contributed by atoms with van der Waals surface area (Å²) in [4.78, 5) is 4.30. The predicted octanol–water partition coefficient (Wildman–Crippen LogP) is 1.06. The second-order valence-electron chi connectivity index (χ2n) is 5.28. The molecule has 0 saturated heterocycles. The maximum absolute atomic E-state index is 9.35. The Labute approximate surface area is 105 Å². The Morgan fingerprint density at radius 3 is 2.67 bits per heavy atom. The molecule has 0 bridgehead atoms. The van der Waals surface area contributed by atoms with Gasteiger partial charge in [-0.25, -0.2) is 4.68 Å². The number of hydrogen-bond acceptors (Lipinski definition) is 6. The van der Waals surface area contributed by atoms with Gasteiger partial charge < -0.3 is 9.63 Å². The van der Waals surface area contributed by atoms with Gasteiger partial charge in [0.25, 0.3) is 0 Å². The summed E-state index contributed by atoms with van der Waals surface area (Å²) in [6.45, 7) is 8.03. The van der Waals surface area contributed by atoms with E-state index in [-0.39, 0.29) is 5.41 Å². The minimum Gasteiger partial charge on any atom is -0.387 e. The molecule has 2 heterocycles. The van der Waals surface area contributed by atoms with E-state index in [1.807, 2.05) is 20.8 Å². The monoisotopic (exact) mass is 251 g/mol. The highest BCUT2D eigenvalue weighted by Crippen LogP contribution is 2.19. The standard InChI is InChI=1S/C11H17N5O2/c1-7(17)8-5-16(15-13-8)6-9-12-10(18-14-9)11(2,3)4/h5,7,17H,6H2,1-4H3. The van der Waals surface area contributed by atoms with Gasteiger partial charge in [0.15, 0.2) is 5.82 Å². The summed E-state index contributed by atoms with van der Waals surface area (Å²) >= 11 is 0. The molecule has 1 N–H and O–H groups in total. The molecule has 0 amide bonds. The molecule has 0 spiro atoms. The maximum atomic E-state index is 9.35. The molecule has 2 aromatic heterocycles. The maximum Gasteiger partial charge on any atom is 0.232 e. The minimum absolute atomic E-state index is 0.168. The van der Waals surface area contributed by atoms with Crippen LogP contribution in [0.25, 0.3) is 0 Å². The summed E-state index contributed by atoms with van der Waals surface area (Å²) in [6, 6.07) is 0. The van der Waals surface area contributed by atoms with E-state index >= 15 is 0 Å². The highest BCUT2D eigenvalue weighted by molar-refractivity contribution is 5.00. The number of nitrogens with zero attached hydrogens (tertiary/aromatic N) is 5. The molecule has 98 valence electrons. The van der Waals surface area contributed by atoms with Gasteiger partial charge in [0.2, 0.25) is 5.89 Å². The van der Waals surface area contributed by atoms with E-state index in [2.05, 4.69) is 20.5 Å². The lowest BCUT2D eigenvalue weighted by Crippen LogP contribution is -2.12. The fourth-order valence-corrected chi connectivity index (χ4v) is 1.35. The summed E-state index contributed by atoms with van der Waals surface area (Å²) in [5, 5.41) is 21.0. The van der Waals surface area contributed by atoms with Crippen LogP contribution in [0.2, 0.25) is 0 Å². The second-order valence-corrected chi connectivity index (χ2v) is 5.28. The van der Waals surface area contributed by atoms with Gasteiger partial charge in [-0.2, -0.15) is 4.98 Å². The third kappa shape index (κ3) is 2.73. The van der Waals surface area contributed by atoms with Crippen molar-refractivity contribution >= 4 is 0 Å². The van der Waals surface area contributed by atoms with E-state index in [0.717, 1.165) is 0 Å². The van der Waals surface area contributed by atoms with E-state index in [1.54, 1.807) is 17.8 Å². The SMILES string of the molecule is CC(O)c1cn(Cc2noc(C(C)(C)C)n2)nn1. The second kappa shape index (κ2) is 4.49. The first kappa shape index (κ1) is 12.7. The van der Waals surface area contributed by atoms with Crippen LogP contribution < -0.4 is 0 Å². The largest absolute Gasteiger partial charge is 0.387 e. The van der Waals surface area contributed by atoms with Gasteiger partial charge in [-0.15, -0.1) is 5.10 Å². The zero-order valence-corrected chi connectivity index (χ0v) is 11.0. The van der Waals surface area contributed by atoms with E-state index in [9.17, 15) is 5.11 Å². The highest BCUT2D eigenvalue weighted by atomic mass is 16.5. The van der Waals surface area contributed by atoms with Gasteiger partial charge in [0.05, 0.1) is 12.3 Å². The summed E-state index contributed by atoms with van der Waals surface area (Å²) in [7, 11) is 0. The number of hydrogen-bond donors (Lipinski definition) is 1. The topological polar surface area (TPSA) is 89.9 Å². The lowest BCUT2D eigenvalue weighted by molar-refractivity contribution is 0.194. The van der Waals surface area contributed by atoms with Crippen molar-refractivity contribution in [2.75, 3.05) is 0 Å². The van der Waals surface area contributed by atoms with Gasteiger partial charge in [0, 0.05) is 5.41 Å². The van der Waals surface area contributed by atoms with Crippen molar-refractivity contribution in [3.8, 4) is 0 Å². The van der Waals surface area contributed by atoms with E-state index in [1.165, 1.54) is 0 Å². The molecule has 0 aliphatic carbocycles. The Kier molecular flexibility index (Phi) is 3.16. The van der Waals surface area contributed by atoms with Crippen molar-refractivity contribution < 1.29 is 9.63 Å². The molecule has 7 heteroatoms. The summed E-state index contributed by atoms with van der Waals surface area (Å²) < 4.78 is 6.75. The fraction of sp³-hybridized carbons (Fsp3) is 0.636. The third-order valence-electron chi connectivity index (χ3n) is 2.40. The van der Waals surface area contributed by atoms with Crippen LogP contribution in [0.15, 0.2) is 10.7 Å². The average Bonchev–Trinajstić information content (AvgIpc) is 2.85. The zero-order chi connectivity index (χ0) is 13.3. The van der Waals surface area contributed by atoms with Crippen molar-refractivity contribution in [3.05, 3.63) is 23.6 Å². The third-order valence-corrected chi connectivity index (χ3v) is 2.40. The van der Waals surface area contributed by atoms with Crippen molar-refractivity contribution in [1.29, 1.82) is 0 Å². The normalized spacial score (nSPS) is 13.8. The average molecular weight is 251 g/mol. The lowest BCUT2D eigenvalue weighted by Gasteiger charge is -2.10. The molecule has 18 heavy (non-hydrogen) atoms. The number of aliphatic hydroxyl groups is 1. The Morgan fingerprint density at radius 2 is 2.17 bits per heavy atom. The molecule has 0 saturated carbocycles. The summed E-state index contributed by atoms with van der Waals surface area (Å²) in [6.07, 6.45) is 1.03. The van der Waals surface area contributed by atoms with Crippen LogP contribution in [0.5, 0.6) is 0 Å². The van der Waals surface area contributed by atoms with Crippen molar-refractivity contribution in [2.45, 2.75) is 45.8 Å². The Morgan fingerprint density at radius 1 is 1.44 bits per heavy atom. The zero-order valence-electron chi connectivity index (χ0n) is 11.0. The molecule has 0 radical (unpaired) electrons. The van der Waals surface area contributed by atoms with Crippen LogP contribution in [0.1, 0.15) is 51.2 Å². The molecular weight excluding hydrogens is 234 g/mol. The Balaban J connectivity index is 2.11.